The standard InChI is InChI=1S/C31H37ClN4O2/c1-37-29-20-24-27(21-30(29)38-19-7-16-35-14-4-5-15-35)34-26-10-6-8-23(26)31(24)33-22-12-17-36(18-13-22)28-11-3-2-9-25(28)32/h9,11,20-22H,4-8,10,12-19H2,1H3,(H,33,34). The van der Waals surface area contributed by atoms with Crippen LogP contribution in [0, 0.1) is 12.1 Å². The summed E-state index contributed by atoms with van der Waals surface area (Å²) >= 11 is 6.42. The molecule has 0 unspecified atom stereocenters. The molecule has 3 aliphatic rings. The van der Waals surface area contributed by atoms with Gasteiger partial charge in [0, 0.05) is 60.6 Å². The normalized spacial score (nSPS) is 18.0. The van der Waals surface area contributed by atoms with Gasteiger partial charge in [-0.2, -0.15) is 0 Å². The third kappa shape index (κ3) is 5.32. The molecule has 0 saturated carbocycles. The van der Waals surface area contributed by atoms with Crippen LogP contribution >= 0.6 is 11.6 Å². The third-order valence-electron chi connectivity index (χ3n) is 8.29. The van der Waals surface area contributed by atoms with Gasteiger partial charge in [-0.05, 0) is 76.1 Å². The highest BCUT2D eigenvalue weighted by Crippen LogP contribution is 2.40. The van der Waals surface area contributed by atoms with Gasteiger partial charge in [-0.25, -0.2) is 0 Å². The summed E-state index contributed by atoms with van der Waals surface area (Å²) in [4.78, 5) is 9.97. The van der Waals surface area contributed by atoms with Gasteiger partial charge in [-0.3, -0.25) is 4.98 Å². The van der Waals surface area contributed by atoms with Crippen molar-refractivity contribution in [3.05, 3.63) is 52.7 Å². The van der Waals surface area contributed by atoms with E-state index in [2.05, 4.69) is 39.4 Å². The Morgan fingerprint density at radius 2 is 1.84 bits per heavy atom. The van der Waals surface area contributed by atoms with Crippen LogP contribution in [0.15, 0.2) is 24.3 Å². The molecule has 3 aromatic rings. The highest BCUT2D eigenvalue weighted by Gasteiger charge is 2.26. The van der Waals surface area contributed by atoms with E-state index >= 15 is 0 Å². The van der Waals surface area contributed by atoms with Crippen molar-refractivity contribution in [1.29, 1.82) is 0 Å². The Hall–Kier alpha value is -2.88. The summed E-state index contributed by atoms with van der Waals surface area (Å²) in [6.07, 6.45) is 9.02. The average Bonchev–Trinajstić information content (AvgIpc) is 3.64. The number of hydrogen-bond donors (Lipinski definition) is 1. The van der Waals surface area contributed by atoms with E-state index in [9.17, 15) is 0 Å². The number of benzene rings is 1. The Morgan fingerprint density at radius 3 is 2.63 bits per heavy atom. The third-order valence-corrected chi connectivity index (χ3v) is 8.59. The highest BCUT2D eigenvalue weighted by atomic mass is 35.5. The van der Waals surface area contributed by atoms with E-state index in [0.29, 0.717) is 12.6 Å². The van der Waals surface area contributed by atoms with Crippen molar-refractivity contribution >= 4 is 33.9 Å². The molecule has 3 heterocycles. The molecule has 6 nitrogen and oxygen atoms in total. The molecular weight excluding hydrogens is 496 g/mol. The van der Waals surface area contributed by atoms with Gasteiger partial charge in [0.1, 0.15) is 0 Å². The Morgan fingerprint density at radius 1 is 1.03 bits per heavy atom. The smallest absolute Gasteiger partial charge is 0.163 e. The fraction of sp³-hybridized carbons (Fsp3) is 0.516. The van der Waals surface area contributed by atoms with Gasteiger partial charge in [0.15, 0.2) is 11.5 Å². The summed E-state index contributed by atoms with van der Waals surface area (Å²) < 4.78 is 12.0. The summed E-state index contributed by atoms with van der Waals surface area (Å²) in [7, 11) is 1.73. The molecule has 6 rings (SSSR count). The molecule has 1 aliphatic carbocycles. The lowest BCUT2D eigenvalue weighted by molar-refractivity contribution is 0.254. The minimum Gasteiger partial charge on any atom is -0.493 e. The van der Waals surface area contributed by atoms with Gasteiger partial charge < -0.3 is 24.6 Å². The van der Waals surface area contributed by atoms with E-state index < -0.39 is 0 Å². The van der Waals surface area contributed by atoms with Gasteiger partial charge >= 0.3 is 0 Å². The number of fused-ring (bicyclic) bond motifs is 2. The van der Waals surface area contributed by atoms with Crippen LogP contribution in [-0.2, 0) is 12.8 Å². The number of methoxy groups -OCH3 is 1. The maximum Gasteiger partial charge on any atom is 0.163 e. The number of piperidine rings is 1. The first kappa shape index (κ1) is 25.4. The molecule has 1 aromatic heterocycles. The average molecular weight is 533 g/mol. The number of pyridine rings is 1. The fourth-order valence-corrected chi connectivity index (χ4v) is 6.48. The number of nitrogens with one attached hydrogen (secondary N) is 1. The summed E-state index contributed by atoms with van der Waals surface area (Å²) in [5.74, 6) is 1.57. The van der Waals surface area contributed by atoms with E-state index in [1.54, 1.807) is 13.2 Å². The number of hydrogen-bond acceptors (Lipinski definition) is 6. The topological polar surface area (TPSA) is 49.9 Å². The molecule has 2 aliphatic heterocycles. The van der Waals surface area contributed by atoms with Gasteiger partial charge in [0.25, 0.3) is 0 Å². The molecule has 0 amide bonds. The van der Waals surface area contributed by atoms with Crippen molar-refractivity contribution in [2.24, 2.45) is 0 Å². The molecule has 0 bridgehead atoms. The first-order valence-electron chi connectivity index (χ1n) is 14.2. The molecule has 2 saturated heterocycles. The zero-order valence-electron chi connectivity index (χ0n) is 22.3. The second kappa shape index (κ2) is 11.5. The molecule has 0 radical (unpaired) electrons. The minimum atomic E-state index is 0.395. The van der Waals surface area contributed by atoms with Crippen molar-refractivity contribution in [3.63, 3.8) is 0 Å². The molecule has 2 aromatic carbocycles. The van der Waals surface area contributed by atoms with E-state index in [0.717, 1.165) is 91.3 Å². The second-order valence-electron chi connectivity index (χ2n) is 10.8. The number of halogens is 1. The number of likely N-dealkylation sites (tertiary alicyclic amines) is 1. The summed E-state index contributed by atoms with van der Waals surface area (Å²) in [6, 6.07) is 14.3. The number of aromatic nitrogens is 1. The summed E-state index contributed by atoms with van der Waals surface area (Å²) in [6.45, 7) is 6.15. The predicted octanol–water partition coefficient (Wildman–Crippen LogP) is 5.93. The Bertz CT molecular complexity index is 1270. The molecule has 7 heteroatoms. The van der Waals surface area contributed by atoms with Crippen molar-refractivity contribution in [2.75, 3.05) is 56.7 Å². The SMILES string of the molecule is COc1cc2c(NC3CCN(c4cc#ccc4Cl)CC3)c3c(nc2cc1OCCCN1CCCC1)CCC3. The maximum absolute atomic E-state index is 6.42. The molecule has 200 valence electrons. The van der Waals surface area contributed by atoms with Crippen LogP contribution in [0.3, 0.4) is 0 Å². The molecule has 0 atom stereocenters. The first-order chi connectivity index (χ1) is 18.7. The van der Waals surface area contributed by atoms with Crippen LogP contribution in [0.4, 0.5) is 11.4 Å². The van der Waals surface area contributed by atoms with Crippen molar-refractivity contribution in [1.82, 2.24) is 9.88 Å². The zero-order chi connectivity index (χ0) is 25.9. The second-order valence-corrected chi connectivity index (χ2v) is 11.2. The fourth-order valence-electron chi connectivity index (χ4n) is 6.25. The van der Waals surface area contributed by atoms with E-state index in [1.807, 2.05) is 6.07 Å². The number of aryl methyl sites for hydroxylation is 1. The van der Waals surface area contributed by atoms with E-state index in [-0.39, 0.29) is 0 Å². The Balaban J connectivity index is 1.19. The van der Waals surface area contributed by atoms with Crippen LogP contribution in [-0.4, -0.2) is 62.4 Å². The lowest BCUT2D eigenvalue weighted by atomic mass is 10.0. The van der Waals surface area contributed by atoms with Gasteiger partial charge in [-0.15, -0.1) is 0 Å². The number of anilines is 2. The van der Waals surface area contributed by atoms with Crippen molar-refractivity contribution in [3.8, 4) is 11.5 Å². The van der Waals surface area contributed by atoms with Crippen LogP contribution in [0.1, 0.15) is 49.8 Å². The molecule has 2 fully saturated rings. The number of ether oxygens (including phenoxy) is 2. The number of rotatable bonds is 9. The monoisotopic (exact) mass is 532 g/mol. The molecule has 38 heavy (non-hydrogen) atoms. The molecule has 1 N–H and O–H groups in total. The van der Waals surface area contributed by atoms with Crippen LogP contribution in [0.25, 0.3) is 10.9 Å². The van der Waals surface area contributed by atoms with Crippen molar-refractivity contribution in [2.45, 2.75) is 57.4 Å². The van der Waals surface area contributed by atoms with Crippen LogP contribution < -0.4 is 19.7 Å². The summed E-state index contributed by atoms with van der Waals surface area (Å²) in [5.41, 5.74) is 5.88. The van der Waals surface area contributed by atoms with E-state index in [4.69, 9.17) is 26.1 Å². The van der Waals surface area contributed by atoms with Crippen LogP contribution in [0.2, 0.25) is 5.02 Å². The highest BCUT2D eigenvalue weighted by molar-refractivity contribution is 6.33. The largest absolute Gasteiger partial charge is 0.493 e. The predicted molar refractivity (Wildman–Crippen MR) is 154 cm³/mol. The summed E-state index contributed by atoms with van der Waals surface area (Å²) in [5, 5.41) is 5.82. The minimum absolute atomic E-state index is 0.395. The van der Waals surface area contributed by atoms with Gasteiger partial charge in [-0.1, -0.05) is 23.7 Å². The van der Waals surface area contributed by atoms with Gasteiger partial charge in [0.05, 0.1) is 29.9 Å². The molecule has 0 spiro atoms. The zero-order valence-corrected chi connectivity index (χ0v) is 23.1. The lowest BCUT2D eigenvalue weighted by Crippen LogP contribution is -2.39. The molecular formula is C31H37ClN4O2. The first-order valence-corrected chi connectivity index (χ1v) is 14.5. The Kier molecular flexibility index (Phi) is 7.67. The Labute approximate surface area is 231 Å². The number of nitrogens with zero attached hydrogens (tertiary/aromatic N) is 3. The van der Waals surface area contributed by atoms with Crippen LogP contribution in [0.5, 0.6) is 11.5 Å². The quantitative estimate of drug-likeness (QED) is 0.345. The van der Waals surface area contributed by atoms with Gasteiger partial charge in [0.2, 0.25) is 0 Å². The maximum atomic E-state index is 6.42. The lowest BCUT2D eigenvalue weighted by Gasteiger charge is -2.35. The van der Waals surface area contributed by atoms with E-state index in [1.165, 1.54) is 42.9 Å². The van der Waals surface area contributed by atoms with Crippen molar-refractivity contribution < 1.29 is 9.47 Å².